The van der Waals surface area contributed by atoms with Gasteiger partial charge in [0.25, 0.3) is 5.91 Å². The van der Waals surface area contributed by atoms with Crippen LogP contribution in [0.4, 0.5) is 0 Å². The maximum absolute atomic E-state index is 13.0. The van der Waals surface area contributed by atoms with Gasteiger partial charge in [0.05, 0.1) is 4.90 Å². The number of benzene rings is 2. The SMILES string of the molecule is Cc1ccc(S(=O)(=O)N2CCC[C@H]2CNC(=O)c2ccc(C(C)(C)C)cc2)cc1. The normalized spacial score (nSPS) is 18.0. The number of carbonyl (C=O) groups excluding carboxylic acids is 1. The van der Waals surface area contributed by atoms with Crippen LogP contribution in [0.2, 0.25) is 0 Å². The number of hydrogen-bond donors (Lipinski definition) is 1. The van der Waals surface area contributed by atoms with E-state index >= 15 is 0 Å². The van der Waals surface area contributed by atoms with Gasteiger partial charge in [-0.05, 0) is 55.0 Å². The second-order valence-corrected chi connectivity index (χ2v) is 10.7. The number of nitrogens with zero attached hydrogens (tertiary/aromatic N) is 1. The van der Waals surface area contributed by atoms with E-state index < -0.39 is 10.0 Å². The summed E-state index contributed by atoms with van der Waals surface area (Å²) in [7, 11) is -3.56. The lowest BCUT2D eigenvalue weighted by molar-refractivity contribution is 0.0946. The van der Waals surface area contributed by atoms with Crippen molar-refractivity contribution in [3.05, 3.63) is 65.2 Å². The molecule has 0 unspecified atom stereocenters. The largest absolute Gasteiger partial charge is 0.350 e. The summed E-state index contributed by atoms with van der Waals surface area (Å²) in [5.41, 5.74) is 2.81. The Morgan fingerprint density at radius 3 is 2.28 bits per heavy atom. The summed E-state index contributed by atoms with van der Waals surface area (Å²) >= 11 is 0. The first-order valence-electron chi connectivity index (χ1n) is 10.1. The number of amides is 1. The van der Waals surface area contributed by atoms with Crippen LogP contribution in [-0.2, 0) is 15.4 Å². The molecular weight excluding hydrogens is 384 g/mol. The fourth-order valence-corrected chi connectivity index (χ4v) is 5.30. The third kappa shape index (κ3) is 4.87. The average Bonchev–Trinajstić information content (AvgIpc) is 3.15. The van der Waals surface area contributed by atoms with Gasteiger partial charge in [0.2, 0.25) is 10.0 Å². The van der Waals surface area contributed by atoms with Gasteiger partial charge >= 0.3 is 0 Å². The molecule has 6 heteroatoms. The number of aryl methyl sites for hydroxylation is 1. The molecule has 0 spiro atoms. The Labute approximate surface area is 174 Å². The molecule has 29 heavy (non-hydrogen) atoms. The van der Waals surface area contributed by atoms with Crippen LogP contribution in [-0.4, -0.2) is 37.8 Å². The molecule has 1 amide bonds. The second kappa shape index (κ2) is 8.28. The van der Waals surface area contributed by atoms with E-state index in [1.807, 2.05) is 31.2 Å². The van der Waals surface area contributed by atoms with E-state index in [1.165, 1.54) is 9.87 Å². The van der Waals surface area contributed by atoms with Gasteiger partial charge in [0.15, 0.2) is 0 Å². The quantitative estimate of drug-likeness (QED) is 0.807. The van der Waals surface area contributed by atoms with E-state index in [9.17, 15) is 13.2 Å². The molecule has 1 aliphatic heterocycles. The van der Waals surface area contributed by atoms with E-state index in [0.717, 1.165) is 18.4 Å². The minimum absolute atomic E-state index is 0.0314. The highest BCUT2D eigenvalue weighted by Crippen LogP contribution is 2.26. The van der Waals surface area contributed by atoms with Crippen molar-refractivity contribution in [3.63, 3.8) is 0 Å². The molecular formula is C23H30N2O3S. The summed E-state index contributed by atoms with van der Waals surface area (Å²) in [6.07, 6.45) is 1.54. The molecule has 0 radical (unpaired) electrons. The van der Waals surface area contributed by atoms with Crippen LogP contribution < -0.4 is 5.32 Å². The zero-order valence-corrected chi connectivity index (χ0v) is 18.4. The van der Waals surface area contributed by atoms with Crippen molar-refractivity contribution in [2.75, 3.05) is 13.1 Å². The van der Waals surface area contributed by atoms with Crippen LogP contribution in [0.1, 0.15) is 55.1 Å². The summed E-state index contributed by atoms with van der Waals surface area (Å²) < 4.78 is 27.6. The lowest BCUT2D eigenvalue weighted by Gasteiger charge is -2.24. The van der Waals surface area contributed by atoms with Crippen molar-refractivity contribution < 1.29 is 13.2 Å². The second-order valence-electron chi connectivity index (χ2n) is 8.76. The fraction of sp³-hybridized carbons (Fsp3) is 0.435. The molecule has 1 N–H and O–H groups in total. The van der Waals surface area contributed by atoms with Crippen molar-refractivity contribution in [2.45, 2.75) is 56.9 Å². The van der Waals surface area contributed by atoms with Gasteiger partial charge in [0, 0.05) is 24.7 Å². The molecule has 156 valence electrons. The molecule has 0 aliphatic carbocycles. The summed E-state index contributed by atoms with van der Waals surface area (Å²) in [4.78, 5) is 12.9. The Bertz CT molecular complexity index is 959. The van der Waals surface area contributed by atoms with E-state index in [0.29, 0.717) is 23.5 Å². The van der Waals surface area contributed by atoms with Crippen LogP contribution in [0.3, 0.4) is 0 Å². The van der Waals surface area contributed by atoms with E-state index in [-0.39, 0.29) is 17.4 Å². The standard InChI is InChI=1S/C23H30N2O3S/c1-17-7-13-21(14-8-17)29(27,28)25-15-5-6-20(25)16-24-22(26)18-9-11-19(12-10-18)23(2,3)4/h7-14,20H,5-6,15-16H2,1-4H3,(H,24,26)/t20-/m0/s1. The van der Waals surface area contributed by atoms with Gasteiger partial charge in [-0.3, -0.25) is 4.79 Å². The highest BCUT2D eigenvalue weighted by molar-refractivity contribution is 7.89. The van der Waals surface area contributed by atoms with Crippen LogP contribution >= 0.6 is 0 Å². The minimum Gasteiger partial charge on any atom is -0.350 e. The molecule has 1 heterocycles. The van der Waals surface area contributed by atoms with Gasteiger partial charge in [-0.15, -0.1) is 0 Å². The van der Waals surface area contributed by atoms with Crippen LogP contribution in [0.5, 0.6) is 0 Å². The van der Waals surface area contributed by atoms with Crippen molar-refractivity contribution in [1.29, 1.82) is 0 Å². The van der Waals surface area contributed by atoms with E-state index in [2.05, 4.69) is 26.1 Å². The summed E-state index contributed by atoms with van der Waals surface area (Å²) in [5, 5.41) is 2.92. The number of carbonyl (C=O) groups is 1. The van der Waals surface area contributed by atoms with Crippen molar-refractivity contribution in [3.8, 4) is 0 Å². The van der Waals surface area contributed by atoms with Gasteiger partial charge in [-0.25, -0.2) is 8.42 Å². The molecule has 3 rings (SSSR count). The number of nitrogens with one attached hydrogen (secondary N) is 1. The van der Waals surface area contributed by atoms with E-state index in [4.69, 9.17) is 0 Å². The molecule has 1 fully saturated rings. The van der Waals surface area contributed by atoms with Gasteiger partial charge in [-0.2, -0.15) is 4.31 Å². The maximum Gasteiger partial charge on any atom is 0.251 e. The molecule has 2 aromatic rings. The summed E-state index contributed by atoms with van der Waals surface area (Å²) in [6, 6.07) is 14.3. The van der Waals surface area contributed by atoms with Gasteiger partial charge in [0.1, 0.15) is 0 Å². The van der Waals surface area contributed by atoms with Gasteiger partial charge in [-0.1, -0.05) is 50.6 Å². The van der Waals surface area contributed by atoms with Crippen LogP contribution in [0, 0.1) is 6.92 Å². The highest BCUT2D eigenvalue weighted by Gasteiger charge is 2.35. The zero-order valence-electron chi connectivity index (χ0n) is 17.6. The third-order valence-electron chi connectivity index (χ3n) is 5.46. The number of rotatable bonds is 5. The predicted molar refractivity (Wildman–Crippen MR) is 116 cm³/mol. The molecule has 0 aromatic heterocycles. The molecule has 5 nitrogen and oxygen atoms in total. The van der Waals surface area contributed by atoms with Gasteiger partial charge < -0.3 is 5.32 Å². The minimum atomic E-state index is -3.56. The molecule has 1 saturated heterocycles. The van der Waals surface area contributed by atoms with Crippen molar-refractivity contribution in [1.82, 2.24) is 9.62 Å². The zero-order chi connectivity index (χ0) is 21.2. The molecule has 2 aromatic carbocycles. The average molecular weight is 415 g/mol. The van der Waals surface area contributed by atoms with Crippen molar-refractivity contribution in [2.24, 2.45) is 0 Å². The Balaban J connectivity index is 1.66. The lowest BCUT2D eigenvalue weighted by Crippen LogP contribution is -2.43. The molecule has 1 atom stereocenters. The lowest BCUT2D eigenvalue weighted by atomic mass is 9.87. The Hall–Kier alpha value is -2.18. The highest BCUT2D eigenvalue weighted by atomic mass is 32.2. The maximum atomic E-state index is 13.0. The molecule has 0 bridgehead atoms. The van der Waals surface area contributed by atoms with E-state index in [1.54, 1.807) is 24.3 Å². The smallest absolute Gasteiger partial charge is 0.251 e. The van der Waals surface area contributed by atoms with Crippen LogP contribution in [0.15, 0.2) is 53.4 Å². The Kier molecular flexibility index (Phi) is 6.15. The molecule has 0 saturated carbocycles. The Morgan fingerprint density at radius 1 is 1.07 bits per heavy atom. The number of hydrogen-bond acceptors (Lipinski definition) is 3. The number of sulfonamides is 1. The third-order valence-corrected chi connectivity index (χ3v) is 7.43. The molecule has 1 aliphatic rings. The predicted octanol–water partition coefficient (Wildman–Crippen LogP) is 3.88. The summed E-state index contributed by atoms with van der Waals surface area (Å²) in [6.45, 7) is 9.11. The van der Waals surface area contributed by atoms with Crippen molar-refractivity contribution >= 4 is 15.9 Å². The first-order chi connectivity index (χ1) is 13.6. The first kappa shape index (κ1) is 21.5. The monoisotopic (exact) mass is 414 g/mol. The van der Waals surface area contributed by atoms with Crippen LogP contribution in [0.25, 0.3) is 0 Å². The summed E-state index contributed by atoms with van der Waals surface area (Å²) in [5.74, 6) is -0.176. The Morgan fingerprint density at radius 2 is 1.69 bits per heavy atom. The fourth-order valence-electron chi connectivity index (χ4n) is 3.61. The topological polar surface area (TPSA) is 66.5 Å². The first-order valence-corrected chi connectivity index (χ1v) is 11.5.